The van der Waals surface area contributed by atoms with Gasteiger partial charge in [0, 0.05) is 38.3 Å². The van der Waals surface area contributed by atoms with Gasteiger partial charge in [-0.15, -0.1) is 0 Å². The number of nitrogens with zero attached hydrogens (tertiary/aromatic N) is 3. The van der Waals surface area contributed by atoms with Crippen molar-refractivity contribution in [1.82, 2.24) is 9.88 Å². The van der Waals surface area contributed by atoms with Gasteiger partial charge in [0.05, 0.1) is 5.56 Å². The predicted octanol–water partition coefficient (Wildman–Crippen LogP) is 1.92. The van der Waals surface area contributed by atoms with E-state index in [1.807, 2.05) is 18.2 Å². The average Bonchev–Trinajstić information content (AvgIpc) is 2.65. The standard InChI is InChI=1S/C19H24N6/c1-25-10-7-15-16(11-21)18(22-9-8-20)24-19(17(15)13-25)23-12-14-5-3-2-4-6-14/h2-6H,7-10,12-13,20H2,1H3,(H2,22,23,24). The first-order valence-corrected chi connectivity index (χ1v) is 8.59. The van der Waals surface area contributed by atoms with E-state index in [0.717, 1.165) is 36.5 Å². The number of likely N-dealkylation sites (N-methyl/N-ethyl adjacent to an activating group) is 1. The minimum absolute atomic E-state index is 0.499. The Morgan fingerprint density at radius 3 is 2.72 bits per heavy atom. The zero-order valence-corrected chi connectivity index (χ0v) is 14.5. The van der Waals surface area contributed by atoms with E-state index in [2.05, 4.69) is 40.8 Å². The number of nitrogens with one attached hydrogen (secondary N) is 2. The van der Waals surface area contributed by atoms with Gasteiger partial charge in [-0.05, 0) is 24.6 Å². The summed E-state index contributed by atoms with van der Waals surface area (Å²) in [6.07, 6.45) is 0.856. The van der Waals surface area contributed by atoms with Gasteiger partial charge in [0.25, 0.3) is 0 Å². The van der Waals surface area contributed by atoms with Crippen molar-refractivity contribution >= 4 is 11.6 Å². The molecule has 1 aliphatic heterocycles. The highest BCUT2D eigenvalue weighted by Crippen LogP contribution is 2.31. The Bertz CT molecular complexity index is 766. The molecule has 4 N–H and O–H groups in total. The molecule has 0 saturated heterocycles. The van der Waals surface area contributed by atoms with E-state index >= 15 is 0 Å². The van der Waals surface area contributed by atoms with Crippen LogP contribution in [-0.4, -0.2) is 36.6 Å². The number of pyridine rings is 1. The molecule has 6 nitrogen and oxygen atoms in total. The molecule has 0 atom stereocenters. The lowest BCUT2D eigenvalue weighted by molar-refractivity contribution is 0.313. The summed E-state index contributed by atoms with van der Waals surface area (Å²) in [5.74, 6) is 1.48. The Morgan fingerprint density at radius 1 is 1.20 bits per heavy atom. The van der Waals surface area contributed by atoms with Crippen LogP contribution in [0.2, 0.25) is 0 Å². The van der Waals surface area contributed by atoms with E-state index in [1.54, 1.807) is 0 Å². The van der Waals surface area contributed by atoms with Gasteiger partial charge in [-0.2, -0.15) is 5.26 Å². The smallest absolute Gasteiger partial charge is 0.146 e. The molecule has 0 unspecified atom stereocenters. The molecule has 130 valence electrons. The third-order valence-corrected chi connectivity index (χ3v) is 4.44. The number of hydrogen-bond acceptors (Lipinski definition) is 6. The highest BCUT2D eigenvalue weighted by Gasteiger charge is 2.24. The number of benzene rings is 1. The Balaban J connectivity index is 1.96. The van der Waals surface area contributed by atoms with E-state index in [9.17, 15) is 5.26 Å². The number of rotatable bonds is 6. The predicted molar refractivity (Wildman–Crippen MR) is 100 cm³/mol. The van der Waals surface area contributed by atoms with Gasteiger partial charge in [-0.3, -0.25) is 0 Å². The van der Waals surface area contributed by atoms with Crippen LogP contribution in [0.4, 0.5) is 11.6 Å². The highest BCUT2D eigenvalue weighted by molar-refractivity contribution is 5.66. The van der Waals surface area contributed by atoms with Crippen LogP contribution in [0.1, 0.15) is 22.3 Å². The van der Waals surface area contributed by atoms with Crippen molar-refractivity contribution in [3.8, 4) is 6.07 Å². The van der Waals surface area contributed by atoms with E-state index in [4.69, 9.17) is 10.7 Å². The number of fused-ring (bicyclic) bond motifs is 1. The first-order chi connectivity index (χ1) is 12.2. The quantitative estimate of drug-likeness (QED) is 0.747. The second kappa shape index (κ2) is 7.97. The molecule has 0 radical (unpaired) electrons. The number of hydrogen-bond donors (Lipinski definition) is 3. The summed E-state index contributed by atoms with van der Waals surface area (Å²) < 4.78 is 0. The molecular formula is C19H24N6. The van der Waals surface area contributed by atoms with Crippen LogP contribution >= 0.6 is 0 Å². The molecule has 1 aromatic carbocycles. The Kier molecular flexibility index (Phi) is 5.49. The molecule has 3 rings (SSSR count). The number of nitrogens with two attached hydrogens (primary N) is 1. The van der Waals surface area contributed by atoms with Gasteiger partial charge >= 0.3 is 0 Å². The molecule has 2 aromatic rings. The van der Waals surface area contributed by atoms with Crippen LogP contribution in [0, 0.1) is 11.3 Å². The van der Waals surface area contributed by atoms with Crippen LogP contribution in [0.25, 0.3) is 0 Å². The fraction of sp³-hybridized carbons (Fsp3) is 0.368. The molecule has 0 spiro atoms. The second-order valence-electron chi connectivity index (χ2n) is 6.30. The lowest BCUT2D eigenvalue weighted by Crippen LogP contribution is -2.29. The summed E-state index contributed by atoms with van der Waals surface area (Å²) in [4.78, 5) is 6.97. The van der Waals surface area contributed by atoms with Crippen molar-refractivity contribution in [3.63, 3.8) is 0 Å². The first kappa shape index (κ1) is 17.2. The zero-order valence-electron chi connectivity index (χ0n) is 14.5. The largest absolute Gasteiger partial charge is 0.368 e. The fourth-order valence-corrected chi connectivity index (χ4v) is 3.14. The van der Waals surface area contributed by atoms with Crippen LogP contribution in [0.15, 0.2) is 30.3 Å². The molecule has 0 fully saturated rings. The minimum atomic E-state index is 0.499. The maximum Gasteiger partial charge on any atom is 0.146 e. The molecule has 6 heteroatoms. The van der Waals surface area contributed by atoms with E-state index in [0.29, 0.717) is 31.0 Å². The van der Waals surface area contributed by atoms with Crippen LogP contribution < -0.4 is 16.4 Å². The highest BCUT2D eigenvalue weighted by atomic mass is 15.1. The van der Waals surface area contributed by atoms with Crippen LogP contribution in [0.3, 0.4) is 0 Å². The molecule has 25 heavy (non-hydrogen) atoms. The SMILES string of the molecule is CN1CCc2c(C#N)c(NCCN)nc(NCc3ccccc3)c2C1. The van der Waals surface area contributed by atoms with Gasteiger partial charge in [0.1, 0.15) is 17.7 Å². The minimum Gasteiger partial charge on any atom is -0.368 e. The molecule has 0 bridgehead atoms. The normalized spacial score (nSPS) is 13.8. The van der Waals surface area contributed by atoms with Crippen molar-refractivity contribution < 1.29 is 0 Å². The average molecular weight is 336 g/mol. The molecular weight excluding hydrogens is 312 g/mol. The van der Waals surface area contributed by atoms with Crippen molar-refractivity contribution in [2.24, 2.45) is 5.73 Å². The van der Waals surface area contributed by atoms with Crippen LogP contribution in [-0.2, 0) is 19.5 Å². The third-order valence-electron chi connectivity index (χ3n) is 4.44. The van der Waals surface area contributed by atoms with Crippen molar-refractivity contribution in [2.45, 2.75) is 19.5 Å². The van der Waals surface area contributed by atoms with E-state index < -0.39 is 0 Å². The summed E-state index contributed by atoms with van der Waals surface area (Å²) in [5.41, 5.74) is 9.68. The van der Waals surface area contributed by atoms with Crippen LogP contribution in [0.5, 0.6) is 0 Å². The topological polar surface area (TPSA) is 90.0 Å². The van der Waals surface area contributed by atoms with E-state index in [-0.39, 0.29) is 0 Å². The lowest BCUT2D eigenvalue weighted by Gasteiger charge is -2.28. The molecule has 2 heterocycles. The summed E-state index contributed by atoms with van der Waals surface area (Å²) in [7, 11) is 2.09. The summed E-state index contributed by atoms with van der Waals surface area (Å²) in [6, 6.07) is 12.6. The second-order valence-corrected chi connectivity index (χ2v) is 6.30. The molecule has 0 saturated carbocycles. The fourth-order valence-electron chi connectivity index (χ4n) is 3.14. The van der Waals surface area contributed by atoms with Crippen molar-refractivity contribution in [2.75, 3.05) is 37.3 Å². The molecule has 1 aliphatic rings. The monoisotopic (exact) mass is 336 g/mol. The summed E-state index contributed by atoms with van der Waals surface area (Å²) in [6.45, 7) is 3.54. The van der Waals surface area contributed by atoms with Gasteiger partial charge in [0.15, 0.2) is 0 Å². The van der Waals surface area contributed by atoms with Crippen molar-refractivity contribution in [1.29, 1.82) is 5.26 Å². The Labute approximate surface area is 148 Å². The number of anilines is 2. The maximum atomic E-state index is 9.64. The Morgan fingerprint density at radius 2 is 2.00 bits per heavy atom. The van der Waals surface area contributed by atoms with Gasteiger partial charge in [-0.1, -0.05) is 30.3 Å². The number of aromatic nitrogens is 1. The summed E-state index contributed by atoms with van der Waals surface area (Å²) >= 11 is 0. The Hall–Kier alpha value is -2.62. The van der Waals surface area contributed by atoms with Gasteiger partial charge < -0.3 is 21.3 Å². The lowest BCUT2D eigenvalue weighted by atomic mass is 9.96. The van der Waals surface area contributed by atoms with Crippen molar-refractivity contribution in [3.05, 3.63) is 52.6 Å². The molecule has 1 aromatic heterocycles. The van der Waals surface area contributed by atoms with Gasteiger partial charge in [-0.25, -0.2) is 4.98 Å². The van der Waals surface area contributed by atoms with Gasteiger partial charge in [0.2, 0.25) is 0 Å². The maximum absolute atomic E-state index is 9.64. The zero-order chi connectivity index (χ0) is 17.6. The third kappa shape index (κ3) is 3.90. The summed E-state index contributed by atoms with van der Waals surface area (Å²) in [5, 5.41) is 16.3. The molecule has 0 amide bonds. The molecule has 0 aliphatic carbocycles. The van der Waals surface area contributed by atoms with E-state index in [1.165, 1.54) is 5.56 Å². The number of nitriles is 1. The first-order valence-electron chi connectivity index (χ1n) is 8.59.